The summed E-state index contributed by atoms with van der Waals surface area (Å²) >= 11 is 13.9. The van der Waals surface area contributed by atoms with E-state index in [9.17, 15) is 14.7 Å². The van der Waals surface area contributed by atoms with Crippen molar-refractivity contribution in [2.75, 3.05) is 33.3 Å². The van der Waals surface area contributed by atoms with Crippen LogP contribution in [0.15, 0.2) is 35.2 Å². The Morgan fingerprint density at radius 2 is 1.87 bits per heavy atom. The smallest absolute Gasteiger partial charge is 0.295 e. The van der Waals surface area contributed by atoms with Crippen molar-refractivity contribution in [3.8, 4) is 5.75 Å². The van der Waals surface area contributed by atoms with Gasteiger partial charge in [-0.05, 0) is 36.7 Å². The Kier molecular flexibility index (Phi) is 7.64. The first-order chi connectivity index (χ1) is 14.8. The van der Waals surface area contributed by atoms with E-state index in [-0.39, 0.29) is 32.7 Å². The minimum atomic E-state index is -0.724. The van der Waals surface area contributed by atoms with E-state index < -0.39 is 17.7 Å². The standard InChI is InChI=1S/C22H24Cl2N2O4S/c1-4-25(5-2)8-9-26-18(16-7-6-10-31-16)17(20(28)22(26)29)19(27)13-11-14(23)21(30-3)15(24)12-13/h6-7,10-12,18,27H,4-5,8-9H2,1-3H3/b19-17-. The Balaban J connectivity index is 2.09. The van der Waals surface area contributed by atoms with Crippen LogP contribution in [0, 0.1) is 0 Å². The highest BCUT2D eigenvalue weighted by Crippen LogP contribution is 2.42. The van der Waals surface area contributed by atoms with E-state index in [1.807, 2.05) is 31.4 Å². The number of carbonyl (C=O) groups excluding carboxylic acids is 2. The number of nitrogens with zero attached hydrogens (tertiary/aromatic N) is 2. The minimum Gasteiger partial charge on any atom is -0.507 e. The molecule has 0 spiro atoms. The van der Waals surface area contributed by atoms with Crippen molar-refractivity contribution >= 4 is 52.0 Å². The highest BCUT2D eigenvalue weighted by atomic mass is 35.5. The number of benzene rings is 1. The fourth-order valence-corrected chi connectivity index (χ4v) is 5.18. The molecular weight excluding hydrogens is 459 g/mol. The van der Waals surface area contributed by atoms with Crippen LogP contribution in [0.2, 0.25) is 10.0 Å². The summed E-state index contributed by atoms with van der Waals surface area (Å²) in [6, 6.07) is 5.97. The number of likely N-dealkylation sites (N-methyl/N-ethyl adjacent to an activating group) is 1. The maximum Gasteiger partial charge on any atom is 0.295 e. The van der Waals surface area contributed by atoms with Crippen molar-refractivity contribution in [1.29, 1.82) is 0 Å². The second-order valence-electron chi connectivity index (χ2n) is 7.01. The predicted octanol–water partition coefficient (Wildman–Crippen LogP) is 4.83. The van der Waals surface area contributed by atoms with Gasteiger partial charge in [-0.2, -0.15) is 0 Å². The number of methoxy groups -OCH3 is 1. The van der Waals surface area contributed by atoms with Crippen molar-refractivity contribution in [3.05, 3.63) is 55.7 Å². The van der Waals surface area contributed by atoms with Crippen LogP contribution in [-0.2, 0) is 9.59 Å². The molecule has 2 aromatic rings. The van der Waals surface area contributed by atoms with Gasteiger partial charge in [0.1, 0.15) is 5.76 Å². The summed E-state index contributed by atoms with van der Waals surface area (Å²) in [7, 11) is 1.44. The molecule has 9 heteroatoms. The molecule has 0 radical (unpaired) electrons. The predicted molar refractivity (Wildman–Crippen MR) is 124 cm³/mol. The van der Waals surface area contributed by atoms with E-state index in [1.54, 1.807) is 0 Å². The molecule has 1 aliphatic rings. The molecule has 1 fully saturated rings. The summed E-state index contributed by atoms with van der Waals surface area (Å²) in [4.78, 5) is 30.4. The molecule has 1 amide bonds. The number of ketones is 1. The second kappa shape index (κ2) is 10.0. The Labute approximate surface area is 195 Å². The number of halogens is 2. The van der Waals surface area contributed by atoms with E-state index in [1.165, 1.54) is 35.5 Å². The summed E-state index contributed by atoms with van der Waals surface area (Å²) in [6.45, 7) is 6.77. The molecule has 1 saturated heterocycles. The van der Waals surface area contributed by atoms with E-state index in [0.29, 0.717) is 13.1 Å². The molecule has 1 unspecified atom stereocenters. The Bertz CT molecular complexity index is 980. The molecule has 0 aliphatic carbocycles. The first-order valence-corrected chi connectivity index (χ1v) is 11.5. The third kappa shape index (κ3) is 4.60. The highest BCUT2D eigenvalue weighted by Gasteiger charge is 2.46. The maximum absolute atomic E-state index is 13.0. The van der Waals surface area contributed by atoms with Crippen LogP contribution < -0.4 is 4.74 Å². The molecule has 0 bridgehead atoms. The number of hydrogen-bond acceptors (Lipinski definition) is 6. The Morgan fingerprint density at radius 3 is 2.39 bits per heavy atom. The van der Waals surface area contributed by atoms with Gasteiger partial charge in [-0.1, -0.05) is 43.1 Å². The number of aliphatic hydroxyl groups excluding tert-OH is 1. The number of rotatable bonds is 8. The van der Waals surface area contributed by atoms with Crippen LogP contribution in [0.1, 0.15) is 30.3 Å². The summed E-state index contributed by atoms with van der Waals surface area (Å²) in [6.07, 6.45) is 0. The van der Waals surface area contributed by atoms with Gasteiger partial charge in [0.15, 0.2) is 5.75 Å². The van der Waals surface area contributed by atoms with E-state index in [2.05, 4.69) is 4.90 Å². The minimum absolute atomic E-state index is 0.0318. The zero-order chi connectivity index (χ0) is 22.7. The van der Waals surface area contributed by atoms with Crippen LogP contribution in [0.3, 0.4) is 0 Å². The summed E-state index contributed by atoms with van der Waals surface area (Å²) in [5.41, 5.74) is 0.281. The maximum atomic E-state index is 13.0. The van der Waals surface area contributed by atoms with E-state index in [4.69, 9.17) is 27.9 Å². The molecule has 6 nitrogen and oxygen atoms in total. The first kappa shape index (κ1) is 23.6. The van der Waals surface area contributed by atoms with Gasteiger partial charge in [-0.25, -0.2) is 0 Å². The van der Waals surface area contributed by atoms with E-state index in [0.717, 1.165) is 18.0 Å². The van der Waals surface area contributed by atoms with Crippen LogP contribution in [0.4, 0.5) is 0 Å². The average molecular weight is 483 g/mol. The third-order valence-corrected chi connectivity index (χ3v) is 6.87. The van der Waals surface area contributed by atoms with E-state index >= 15 is 0 Å². The number of ether oxygens (including phenoxy) is 1. The highest BCUT2D eigenvalue weighted by molar-refractivity contribution is 7.10. The molecule has 166 valence electrons. The van der Waals surface area contributed by atoms with Gasteiger partial charge < -0.3 is 19.6 Å². The number of thiophene rings is 1. The van der Waals surface area contributed by atoms with Crippen LogP contribution in [0.25, 0.3) is 5.76 Å². The van der Waals surface area contributed by atoms with Gasteiger partial charge in [-0.3, -0.25) is 9.59 Å². The number of Topliss-reactive ketones (excluding diaryl/α,β-unsaturated/α-hetero) is 1. The molecule has 1 aliphatic heterocycles. The largest absolute Gasteiger partial charge is 0.507 e. The number of hydrogen-bond donors (Lipinski definition) is 1. The van der Waals surface area contributed by atoms with Gasteiger partial charge in [0, 0.05) is 23.5 Å². The van der Waals surface area contributed by atoms with Crippen LogP contribution >= 0.6 is 34.5 Å². The Hall–Kier alpha value is -2.06. The summed E-state index contributed by atoms with van der Waals surface area (Å²) in [5, 5.41) is 13.4. The average Bonchev–Trinajstić information content (AvgIpc) is 3.36. The topological polar surface area (TPSA) is 70.1 Å². The fourth-order valence-electron chi connectivity index (χ4n) is 3.69. The lowest BCUT2D eigenvalue weighted by molar-refractivity contribution is -0.140. The molecule has 1 N–H and O–H groups in total. The van der Waals surface area contributed by atoms with Crippen molar-refractivity contribution in [2.45, 2.75) is 19.9 Å². The van der Waals surface area contributed by atoms with Gasteiger partial charge in [0.25, 0.3) is 11.7 Å². The lowest BCUT2D eigenvalue weighted by atomic mass is 9.99. The lowest BCUT2D eigenvalue weighted by Crippen LogP contribution is -2.37. The molecule has 3 rings (SSSR count). The monoisotopic (exact) mass is 482 g/mol. The molecule has 1 aromatic heterocycles. The summed E-state index contributed by atoms with van der Waals surface area (Å²) < 4.78 is 5.15. The molecule has 1 aromatic carbocycles. The zero-order valence-corrected chi connectivity index (χ0v) is 19.9. The molecule has 31 heavy (non-hydrogen) atoms. The zero-order valence-electron chi connectivity index (χ0n) is 17.5. The van der Waals surface area contributed by atoms with Gasteiger partial charge in [0.2, 0.25) is 0 Å². The van der Waals surface area contributed by atoms with Crippen molar-refractivity contribution in [1.82, 2.24) is 9.80 Å². The summed E-state index contributed by atoms with van der Waals surface area (Å²) in [5.74, 6) is -1.39. The normalized spacial score (nSPS) is 18.3. The van der Waals surface area contributed by atoms with Gasteiger partial charge >= 0.3 is 0 Å². The van der Waals surface area contributed by atoms with Crippen molar-refractivity contribution in [2.24, 2.45) is 0 Å². The molecule has 1 atom stereocenters. The third-order valence-electron chi connectivity index (χ3n) is 5.38. The molecule has 2 heterocycles. The van der Waals surface area contributed by atoms with Gasteiger partial charge in [-0.15, -0.1) is 11.3 Å². The quantitative estimate of drug-likeness (QED) is 0.331. The fraction of sp³-hybridized carbons (Fsp3) is 0.364. The number of carbonyl (C=O) groups is 2. The van der Waals surface area contributed by atoms with Gasteiger partial charge in [0.05, 0.1) is 28.8 Å². The second-order valence-corrected chi connectivity index (χ2v) is 8.80. The first-order valence-electron chi connectivity index (χ1n) is 9.91. The number of aliphatic hydroxyl groups is 1. The van der Waals surface area contributed by atoms with Crippen LogP contribution in [0.5, 0.6) is 5.75 Å². The molecule has 0 saturated carbocycles. The van der Waals surface area contributed by atoms with Crippen molar-refractivity contribution in [3.63, 3.8) is 0 Å². The number of amides is 1. The van der Waals surface area contributed by atoms with Crippen LogP contribution in [-0.4, -0.2) is 59.9 Å². The molecular formula is C22H24Cl2N2O4S. The SMILES string of the molecule is CCN(CC)CCN1C(=O)C(=O)/C(=C(\O)c2cc(Cl)c(OC)c(Cl)c2)C1c1cccs1. The number of likely N-dealkylation sites (tertiary alicyclic amines) is 1. The van der Waals surface area contributed by atoms with Crippen molar-refractivity contribution < 1.29 is 19.4 Å². The Morgan fingerprint density at radius 1 is 1.23 bits per heavy atom. The lowest BCUT2D eigenvalue weighted by Gasteiger charge is -2.27.